The Labute approximate surface area is 126 Å². The summed E-state index contributed by atoms with van der Waals surface area (Å²) in [6.07, 6.45) is 1.17. The van der Waals surface area contributed by atoms with Gasteiger partial charge in [-0.1, -0.05) is 18.2 Å². The van der Waals surface area contributed by atoms with Crippen LogP contribution in [0.2, 0.25) is 0 Å². The van der Waals surface area contributed by atoms with Crippen LogP contribution in [-0.4, -0.2) is 13.1 Å². The predicted octanol–water partition coefficient (Wildman–Crippen LogP) is 3.88. The maximum absolute atomic E-state index is 3.57. The minimum Gasteiger partial charge on any atom is -0.384 e. The van der Waals surface area contributed by atoms with E-state index in [1.54, 1.807) is 11.3 Å². The Bertz CT molecular complexity index is 553. The average Bonchev–Trinajstić information content (AvgIpc) is 2.84. The van der Waals surface area contributed by atoms with Gasteiger partial charge in [-0.05, 0) is 46.0 Å². The molecule has 3 rings (SSSR count). The highest BCUT2D eigenvalue weighted by Crippen LogP contribution is 2.24. The van der Waals surface area contributed by atoms with Crippen LogP contribution in [0.15, 0.2) is 40.2 Å². The van der Waals surface area contributed by atoms with Crippen molar-refractivity contribution < 1.29 is 0 Å². The molecule has 1 aliphatic rings. The zero-order valence-corrected chi connectivity index (χ0v) is 13.1. The molecule has 1 aromatic carbocycles. The second-order valence-corrected chi connectivity index (χ2v) is 6.88. The molecule has 2 aromatic rings. The largest absolute Gasteiger partial charge is 0.384 e. The SMILES string of the molecule is Brc1csc(CNCC2CNc3ccccc3C2)c1. The molecule has 1 unspecified atom stereocenters. The van der Waals surface area contributed by atoms with Crippen LogP contribution in [-0.2, 0) is 13.0 Å². The van der Waals surface area contributed by atoms with E-state index in [0.29, 0.717) is 5.92 Å². The monoisotopic (exact) mass is 336 g/mol. The maximum Gasteiger partial charge on any atom is 0.0372 e. The minimum atomic E-state index is 0.679. The molecule has 2 nitrogen and oxygen atoms in total. The lowest BCUT2D eigenvalue weighted by Crippen LogP contribution is -2.32. The van der Waals surface area contributed by atoms with Gasteiger partial charge in [-0.3, -0.25) is 0 Å². The molecule has 19 heavy (non-hydrogen) atoms. The molecule has 0 radical (unpaired) electrons. The molecule has 0 bridgehead atoms. The van der Waals surface area contributed by atoms with Crippen LogP contribution in [0, 0.1) is 5.92 Å². The number of hydrogen-bond acceptors (Lipinski definition) is 3. The number of nitrogens with one attached hydrogen (secondary N) is 2. The molecule has 1 aromatic heterocycles. The normalized spacial score (nSPS) is 17.8. The van der Waals surface area contributed by atoms with Crippen molar-refractivity contribution in [1.82, 2.24) is 5.32 Å². The van der Waals surface area contributed by atoms with Gasteiger partial charge in [0.15, 0.2) is 0 Å². The molecule has 0 aliphatic carbocycles. The van der Waals surface area contributed by atoms with Crippen molar-refractivity contribution in [3.05, 3.63) is 50.6 Å². The van der Waals surface area contributed by atoms with E-state index in [1.165, 1.54) is 27.0 Å². The minimum absolute atomic E-state index is 0.679. The maximum atomic E-state index is 3.57. The van der Waals surface area contributed by atoms with Gasteiger partial charge in [0.2, 0.25) is 0 Å². The molecule has 1 aliphatic heterocycles. The average molecular weight is 337 g/mol. The van der Waals surface area contributed by atoms with E-state index in [4.69, 9.17) is 0 Å². The standard InChI is InChI=1S/C15H17BrN2S/c16-13-6-14(19-10-13)9-17-7-11-5-12-3-1-2-4-15(12)18-8-11/h1-4,6,10-11,17-18H,5,7-9H2. The zero-order valence-electron chi connectivity index (χ0n) is 10.7. The first-order valence-corrected chi connectivity index (χ1v) is 8.24. The summed E-state index contributed by atoms with van der Waals surface area (Å²) in [6, 6.07) is 10.8. The van der Waals surface area contributed by atoms with Gasteiger partial charge in [0, 0.05) is 40.1 Å². The van der Waals surface area contributed by atoms with Gasteiger partial charge in [0.25, 0.3) is 0 Å². The van der Waals surface area contributed by atoms with Crippen LogP contribution in [0.1, 0.15) is 10.4 Å². The van der Waals surface area contributed by atoms with Crippen LogP contribution in [0.5, 0.6) is 0 Å². The first kappa shape index (κ1) is 13.2. The Hall–Kier alpha value is -0.840. The lowest BCUT2D eigenvalue weighted by molar-refractivity contribution is 0.485. The van der Waals surface area contributed by atoms with Crippen LogP contribution in [0.3, 0.4) is 0 Å². The molecule has 100 valence electrons. The Kier molecular flexibility index (Phi) is 4.21. The summed E-state index contributed by atoms with van der Waals surface area (Å²) >= 11 is 5.29. The van der Waals surface area contributed by atoms with E-state index in [9.17, 15) is 0 Å². The quantitative estimate of drug-likeness (QED) is 0.885. The summed E-state index contributed by atoms with van der Waals surface area (Å²) in [7, 11) is 0. The van der Waals surface area contributed by atoms with Crippen molar-refractivity contribution in [2.75, 3.05) is 18.4 Å². The summed E-state index contributed by atoms with van der Waals surface area (Å²) in [5.41, 5.74) is 2.75. The summed E-state index contributed by atoms with van der Waals surface area (Å²) in [5.74, 6) is 0.679. The van der Waals surface area contributed by atoms with Crippen LogP contribution >= 0.6 is 27.3 Å². The van der Waals surface area contributed by atoms with Crippen LogP contribution in [0.25, 0.3) is 0 Å². The highest BCUT2D eigenvalue weighted by Gasteiger charge is 2.17. The number of fused-ring (bicyclic) bond motifs is 1. The number of rotatable bonds is 4. The lowest BCUT2D eigenvalue weighted by Gasteiger charge is -2.26. The summed E-state index contributed by atoms with van der Waals surface area (Å²) in [6.45, 7) is 3.10. The summed E-state index contributed by atoms with van der Waals surface area (Å²) in [5, 5.41) is 9.22. The van der Waals surface area contributed by atoms with Crippen LogP contribution < -0.4 is 10.6 Å². The number of hydrogen-bond donors (Lipinski definition) is 2. The van der Waals surface area contributed by atoms with E-state index >= 15 is 0 Å². The van der Waals surface area contributed by atoms with E-state index in [0.717, 1.165) is 19.6 Å². The topological polar surface area (TPSA) is 24.1 Å². The third kappa shape index (κ3) is 3.38. The van der Waals surface area contributed by atoms with Gasteiger partial charge in [0.1, 0.15) is 0 Å². The van der Waals surface area contributed by atoms with Crippen LogP contribution in [0.4, 0.5) is 5.69 Å². The summed E-state index contributed by atoms with van der Waals surface area (Å²) < 4.78 is 1.18. The second kappa shape index (κ2) is 6.07. The Balaban J connectivity index is 1.50. The highest BCUT2D eigenvalue weighted by atomic mass is 79.9. The van der Waals surface area contributed by atoms with Crippen molar-refractivity contribution >= 4 is 33.0 Å². The highest BCUT2D eigenvalue weighted by molar-refractivity contribution is 9.10. The van der Waals surface area contributed by atoms with E-state index in [1.807, 2.05) is 0 Å². The van der Waals surface area contributed by atoms with E-state index in [2.05, 4.69) is 62.3 Å². The van der Waals surface area contributed by atoms with Crippen molar-refractivity contribution in [2.24, 2.45) is 5.92 Å². The number of benzene rings is 1. The fourth-order valence-corrected chi connectivity index (χ4v) is 3.92. The first-order chi connectivity index (χ1) is 9.31. The fraction of sp³-hybridized carbons (Fsp3) is 0.333. The van der Waals surface area contributed by atoms with Crippen molar-refractivity contribution in [3.63, 3.8) is 0 Å². The second-order valence-electron chi connectivity index (χ2n) is 4.97. The number of thiophene rings is 1. The van der Waals surface area contributed by atoms with Gasteiger partial charge in [-0.2, -0.15) is 0 Å². The van der Waals surface area contributed by atoms with Gasteiger partial charge in [-0.15, -0.1) is 11.3 Å². The fourth-order valence-electron chi connectivity index (χ4n) is 2.50. The van der Waals surface area contributed by atoms with Gasteiger partial charge < -0.3 is 10.6 Å². The molecule has 2 heterocycles. The molecule has 0 amide bonds. The zero-order chi connectivity index (χ0) is 13.1. The number of anilines is 1. The third-order valence-electron chi connectivity index (χ3n) is 3.46. The molecule has 0 saturated carbocycles. The molecule has 4 heteroatoms. The predicted molar refractivity (Wildman–Crippen MR) is 85.9 cm³/mol. The molecule has 0 saturated heterocycles. The smallest absolute Gasteiger partial charge is 0.0372 e. The van der Waals surface area contributed by atoms with Crippen molar-refractivity contribution in [1.29, 1.82) is 0 Å². The van der Waals surface area contributed by atoms with E-state index < -0.39 is 0 Å². The Morgan fingerprint density at radius 3 is 3.11 bits per heavy atom. The molecule has 0 fully saturated rings. The third-order valence-corrected chi connectivity index (χ3v) is 5.16. The molecular weight excluding hydrogens is 320 g/mol. The summed E-state index contributed by atoms with van der Waals surface area (Å²) in [4.78, 5) is 1.39. The first-order valence-electron chi connectivity index (χ1n) is 6.56. The van der Waals surface area contributed by atoms with Crippen molar-refractivity contribution in [2.45, 2.75) is 13.0 Å². The molecule has 2 N–H and O–H groups in total. The lowest BCUT2D eigenvalue weighted by atomic mass is 9.94. The van der Waals surface area contributed by atoms with Crippen molar-refractivity contribution in [3.8, 4) is 0 Å². The molecular formula is C15H17BrN2S. The Morgan fingerprint density at radius 2 is 2.26 bits per heavy atom. The number of halogens is 1. The molecule has 0 spiro atoms. The molecule has 1 atom stereocenters. The van der Waals surface area contributed by atoms with Gasteiger partial charge in [0.05, 0.1) is 0 Å². The van der Waals surface area contributed by atoms with E-state index in [-0.39, 0.29) is 0 Å². The van der Waals surface area contributed by atoms with Gasteiger partial charge in [-0.25, -0.2) is 0 Å². The van der Waals surface area contributed by atoms with Gasteiger partial charge >= 0.3 is 0 Å². The number of para-hydroxylation sites is 1. The Morgan fingerprint density at radius 1 is 1.37 bits per heavy atom.